The molecule has 11 nitrogen and oxygen atoms in total. The molecule has 0 saturated carbocycles. The van der Waals surface area contributed by atoms with E-state index in [-0.39, 0.29) is 47.2 Å². The summed E-state index contributed by atoms with van der Waals surface area (Å²) in [5.41, 5.74) is 0.180. The smallest absolute Gasteiger partial charge is 0.295 e. The Hall–Kier alpha value is -3.67. The second kappa shape index (κ2) is 8.93. The number of aromatic nitrogens is 5. The first kappa shape index (κ1) is 22.1. The zero-order valence-corrected chi connectivity index (χ0v) is 18.8. The van der Waals surface area contributed by atoms with Crippen LogP contribution in [-0.2, 0) is 9.59 Å². The zero-order chi connectivity index (χ0) is 23.8. The molecule has 2 fully saturated rings. The number of aromatic amines is 1. The summed E-state index contributed by atoms with van der Waals surface area (Å²) in [5, 5.41) is 7.55. The van der Waals surface area contributed by atoms with Crippen LogP contribution >= 0.6 is 0 Å². The number of rotatable bonds is 4. The summed E-state index contributed by atoms with van der Waals surface area (Å²) in [5.74, 6) is -1.90. The highest BCUT2D eigenvalue weighted by Crippen LogP contribution is 2.26. The number of nitrogens with zero attached hydrogens (tertiary/aromatic N) is 7. The number of H-pyrrole nitrogens is 1. The van der Waals surface area contributed by atoms with Gasteiger partial charge in [0.15, 0.2) is 11.6 Å². The molecule has 5 rings (SSSR count). The first-order chi connectivity index (χ1) is 16.4. The first-order valence-electron chi connectivity index (χ1n) is 11.3. The lowest BCUT2D eigenvalue weighted by Crippen LogP contribution is -2.54. The van der Waals surface area contributed by atoms with Gasteiger partial charge in [0.2, 0.25) is 5.91 Å². The number of Topliss-reactive ketones (excluding diaryl/α,β-unsaturated/α-hetero) is 1. The summed E-state index contributed by atoms with van der Waals surface area (Å²) in [4.78, 5) is 51.1. The Morgan fingerprint density at radius 3 is 2.59 bits per heavy atom. The van der Waals surface area contributed by atoms with E-state index in [4.69, 9.17) is 0 Å². The van der Waals surface area contributed by atoms with Crippen LogP contribution in [0.25, 0.3) is 16.7 Å². The minimum absolute atomic E-state index is 0.0194. The van der Waals surface area contributed by atoms with Crippen molar-refractivity contribution >= 4 is 28.5 Å². The first-order valence-corrected chi connectivity index (χ1v) is 11.3. The van der Waals surface area contributed by atoms with Crippen molar-refractivity contribution in [1.82, 2.24) is 39.7 Å². The third-order valence-electron chi connectivity index (χ3n) is 6.57. The normalized spacial score (nSPS) is 19.5. The molecule has 2 aliphatic rings. The van der Waals surface area contributed by atoms with Crippen molar-refractivity contribution in [2.24, 2.45) is 5.92 Å². The maximum atomic E-state index is 14.7. The highest BCUT2D eigenvalue weighted by Gasteiger charge is 2.33. The number of nitrogens with one attached hydrogen (secondary N) is 1. The highest BCUT2D eigenvalue weighted by atomic mass is 19.1. The van der Waals surface area contributed by atoms with Crippen LogP contribution in [0.1, 0.15) is 23.2 Å². The predicted octanol–water partition coefficient (Wildman–Crippen LogP) is 0.478. The molecular weight excluding hydrogens is 443 g/mol. The molecule has 2 aliphatic heterocycles. The second-order valence-electron chi connectivity index (χ2n) is 8.78. The zero-order valence-electron chi connectivity index (χ0n) is 18.8. The van der Waals surface area contributed by atoms with E-state index >= 15 is 0 Å². The van der Waals surface area contributed by atoms with E-state index in [2.05, 4.69) is 25.2 Å². The van der Waals surface area contributed by atoms with Crippen molar-refractivity contribution in [1.29, 1.82) is 0 Å². The molecule has 3 aromatic rings. The van der Waals surface area contributed by atoms with Crippen molar-refractivity contribution in [3.05, 3.63) is 36.2 Å². The van der Waals surface area contributed by atoms with Crippen molar-refractivity contribution in [3.63, 3.8) is 0 Å². The van der Waals surface area contributed by atoms with Gasteiger partial charge in [-0.2, -0.15) is 0 Å². The van der Waals surface area contributed by atoms with E-state index < -0.39 is 17.5 Å². The molecule has 0 spiro atoms. The summed E-state index contributed by atoms with van der Waals surface area (Å²) < 4.78 is 16.0. The SMILES string of the molecule is CN1CCCC(C(=O)N2CCN(C(=O)C(=O)c3c[nH]c4c(-n5ccnn5)ncc(F)c34)CC2)C1. The summed E-state index contributed by atoms with van der Waals surface area (Å²) in [6, 6.07) is 0. The predicted molar refractivity (Wildman–Crippen MR) is 119 cm³/mol. The minimum Gasteiger partial charge on any atom is -0.357 e. The van der Waals surface area contributed by atoms with Crippen molar-refractivity contribution < 1.29 is 18.8 Å². The van der Waals surface area contributed by atoms with Gasteiger partial charge in [0.1, 0.15) is 0 Å². The van der Waals surface area contributed by atoms with Gasteiger partial charge in [0.05, 0.1) is 41.0 Å². The van der Waals surface area contributed by atoms with Crippen LogP contribution < -0.4 is 0 Å². The van der Waals surface area contributed by atoms with Crippen molar-refractivity contribution in [2.45, 2.75) is 12.8 Å². The Labute approximate surface area is 194 Å². The van der Waals surface area contributed by atoms with E-state index in [1.54, 1.807) is 11.1 Å². The van der Waals surface area contributed by atoms with Gasteiger partial charge in [-0.05, 0) is 26.4 Å². The molecule has 0 aliphatic carbocycles. The Bertz CT molecular complexity index is 1230. The number of piperidine rings is 1. The third-order valence-corrected chi connectivity index (χ3v) is 6.57. The number of piperazine rings is 1. The average Bonchev–Trinajstić information content (AvgIpc) is 3.54. The second-order valence-corrected chi connectivity index (χ2v) is 8.78. The molecule has 2 amide bonds. The molecule has 178 valence electrons. The molecule has 0 bridgehead atoms. The number of carbonyl (C=O) groups is 3. The monoisotopic (exact) mass is 468 g/mol. The Morgan fingerprint density at radius 2 is 1.88 bits per heavy atom. The third kappa shape index (κ3) is 3.94. The minimum atomic E-state index is -0.811. The lowest BCUT2D eigenvalue weighted by molar-refractivity contribution is -0.141. The number of pyridine rings is 1. The van der Waals surface area contributed by atoms with Crippen LogP contribution in [0.2, 0.25) is 0 Å². The van der Waals surface area contributed by atoms with Crippen LogP contribution in [0.5, 0.6) is 0 Å². The fourth-order valence-electron chi connectivity index (χ4n) is 4.78. The lowest BCUT2D eigenvalue weighted by Gasteiger charge is -2.38. The van der Waals surface area contributed by atoms with Crippen LogP contribution in [0.4, 0.5) is 4.39 Å². The van der Waals surface area contributed by atoms with Gasteiger partial charge in [0, 0.05) is 38.9 Å². The summed E-state index contributed by atoms with van der Waals surface area (Å²) in [7, 11) is 2.01. The number of fused-ring (bicyclic) bond motifs is 1. The van der Waals surface area contributed by atoms with Gasteiger partial charge in [0.25, 0.3) is 11.7 Å². The number of halogens is 1. The van der Waals surface area contributed by atoms with E-state index in [1.807, 2.05) is 7.05 Å². The number of ketones is 1. The highest BCUT2D eigenvalue weighted by molar-refractivity contribution is 6.45. The van der Waals surface area contributed by atoms with E-state index in [1.165, 1.54) is 22.0 Å². The van der Waals surface area contributed by atoms with Gasteiger partial charge < -0.3 is 19.7 Å². The quantitative estimate of drug-likeness (QED) is 0.437. The van der Waals surface area contributed by atoms with Crippen LogP contribution in [0.3, 0.4) is 0 Å². The Morgan fingerprint density at radius 1 is 1.12 bits per heavy atom. The van der Waals surface area contributed by atoms with Crippen molar-refractivity contribution in [2.75, 3.05) is 46.3 Å². The molecule has 2 saturated heterocycles. The standard InChI is InChI=1S/C22H25FN8O3/c1-28-5-2-3-14(13-28)21(33)29-7-9-30(10-8-29)22(34)19(32)15-11-24-18-17(15)16(23)12-25-20(18)31-6-4-26-27-31/h4,6,11-12,14,24H,2-3,5,7-10,13H2,1H3. The van der Waals surface area contributed by atoms with E-state index in [0.717, 1.165) is 32.1 Å². The topological polar surface area (TPSA) is 120 Å². The lowest BCUT2D eigenvalue weighted by atomic mass is 9.96. The molecule has 0 radical (unpaired) electrons. The van der Waals surface area contributed by atoms with E-state index in [0.29, 0.717) is 13.1 Å². The summed E-state index contributed by atoms with van der Waals surface area (Å²) >= 11 is 0. The number of hydrogen-bond acceptors (Lipinski definition) is 7. The van der Waals surface area contributed by atoms with E-state index in [9.17, 15) is 18.8 Å². The molecule has 12 heteroatoms. The van der Waals surface area contributed by atoms with Gasteiger partial charge in [-0.1, -0.05) is 5.21 Å². The molecule has 1 N–H and O–H groups in total. The number of hydrogen-bond donors (Lipinski definition) is 1. The molecule has 1 atom stereocenters. The molecule has 1 unspecified atom stereocenters. The number of amides is 2. The maximum absolute atomic E-state index is 14.7. The van der Waals surface area contributed by atoms with Gasteiger partial charge >= 0.3 is 0 Å². The average molecular weight is 468 g/mol. The van der Waals surface area contributed by atoms with Gasteiger partial charge in [-0.3, -0.25) is 14.4 Å². The Kier molecular flexibility index (Phi) is 5.82. The fraction of sp³-hybridized carbons (Fsp3) is 0.455. The summed E-state index contributed by atoms with van der Waals surface area (Å²) in [6.45, 7) is 3.01. The molecular formula is C22H25FN8O3. The maximum Gasteiger partial charge on any atom is 0.295 e. The molecule has 0 aromatic carbocycles. The van der Waals surface area contributed by atoms with Gasteiger partial charge in [-0.25, -0.2) is 14.1 Å². The molecule has 3 aromatic heterocycles. The van der Waals surface area contributed by atoms with Crippen LogP contribution in [0.15, 0.2) is 24.8 Å². The van der Waals surface area contributed by atoms with Crippen LogP contribution in [0, 0.1) is 11.7 Å². The molecule has 34 heavy (non-hydrogen) atoms. The number of carbonyl (C=O) groups excluding carboxylic acids is 3. The van der Waals surface area contributed by atoms with Gasteiger partial charge in [-0.15, -0.1) is 5.10 Å². The van der Waals surface area contributed by atoms with Crippen LogP contribution in [-0.4, -0.2) is 104 Å². The largest absolute Gasteiger partial charge is 0.357 e. The summed E-state index contributed by atoms with van der Waals surface area (Å²) in [6.07, 6.45) is 7.16. The van der Waals surface area contributed by atoms with Crippen molar-refractivity contribution in [3.8, 4) is 5.82 Å². The number of likely N-dealkylation sites (tertiary alicyclic amines) is 1. The molecule has 5 heterocycles. The Balaban J connectivity index is 1.29. The fourth-order valence-corrected chi connectivity index (χ4v) is 4.78.